The van der Waals surface area contributed by atoms with Crippen molar-refractivity contribution in [3.05, 3.63) is 6.42 Å². The van der Waals surface area contributed by atoms with E-state index in [4.69, 9.17) is 23.7 Å². The summed E-state index contributed by atoms with van der Waals surface area (Å²) in [6.07, 6.45) is 2.78. The Kier molecular flexibility index (Phi) is 12.1. The van der Waals surface area contributed by atoms with Gasteiger partial charge in [-0.3, -0.25) is 0 Å². The van der Waals surface area contributed by atoms with Crippen LogP contribution in [0.4, 0.5) is 0 Å². The number of rotatable bonds is 13. The summed E-state index contributed by atoms with van der Waals surface area (Å²) in [7, 11) is -2.48. The zero-order chi connectivity index (χ0) is 13.7. The van der Waals surface area contributed by atoms with E-state index in [-0.39, 0.29) is 0 Å². The molecule has 6 heteroatoms. The number of nitrogens with two attached hydrogens (primary N) is 1. The van der Waals surface area contributed by atoms with Crippen molar-refractivity contribution in [2.45, 2.75) is 33.2 Å². The topological polar surface area (TPSA) is 62.9 Å². The van der Waals surface area contributed by atoms with E-state index in [1.807, 2.05) is 27.2 Å². The normalized spacial score (nSPS) is 12.0. The molecular weight excluding hydrogens is 250 g/mol. The summed E-state index contributed by atoms with van der Waals surface area (Å²) in [6.45, 7) is 9.58. The highest BCUT2D eigenvalue weighted by Crippen LogP contribution is 2.18. The van der Waals surface area contributed by atoms with Gasteiger partial charge in [0.2, 0.25) is 0 Å². The van der Waals surface area contributed by atoms with E-state index in [0.29, 0.717) is 39.6 Å². The van der Waals surface area contributed by atoms with Gasteiger partial charge in [-0.05, 0) is 33.7 Å². The molecule has 0 spiro atoms. The molecule has 109 valence electrons. The van der Waals surface area contributed by atoms with Gasteiger partial charge in [-0.15, -0.1) is 0 Å². The highest BCUT2D eigenvalue weighted by molar-refractivity contribution is 6.60. The molecule has 0 aliphatic carbocycles. The molecular formula is C12H28NO4Si. The number of hydrogen-bond acceptors (Lipinski definition) is 5. The molecule has 0 saturated heterocycles. The van der Waals surface area contributed by atoms with Gasteiger partial charge in [0.1, 0.15) is 0 Å². The van der Waals surface area contributed by atoms with Crippen LogP contribution in [0, 0.1) is 6.42 Å². The Hall–Kier alpha value is 0.0169. The molecule has 0 aromatic rings. The van der Waals surface area contributed by atoms with Gasteiger partial charge in [0.15, 0.2) is 0 Å². The second-order valence-electron chi connectivity index (χ2n) is 3.68. The van der Waals surface area contributed by atoms with Gasteiger partial charge in [0, 0.05) is 38.9 Å². The van der Waals surface area contributed by atoms with Crippen molar-refractivity contribution in [1.82, 2.24) is 0 Å². The molecule has 0 rings (SSSR count). The van der Waals surface area contributed by atoms with E-state index in [0.717, 1.165) is 12.5 Å². The average molecular weight is 278 g/mol. The molecule has 0 aromatic heterocycles. The van der Waals surface area contributed by atoms with Gasteiger partial charge in [0.25, 0.3) is 0 Å². The summed E-state index contributed by atoms with van der Waals surface area (Å²) in [5.74, 6) is 0. The first-order valence-electron chi connectivity index (χ1n) is 6.76. The summed E-state index contributed by atoms with van der Waals surface area (Å²) < 4.78 is 22.7. The Labute approximate surface area is 112 Å². The van der Waals surface area contributed by atoms with Crippen LogP contribution in [0.25, 0.3) is 0 Å². The Balaban J connectivity index is 3.97. The maximum Gasteiger partial charge on any atom is 0.501 e. The van der Waals surface area contributed by atoms with Gasteiger partial charge >= 0.3 is 8.80 Å². The van der Waals surface area contributed by atoms with Crippen molar-refractivity contribution in [2.24, 2.45) is 5.73 Å². The summed E-state index contributed by atoms with van der Waals surface area (Å²) in [6, 6.07) is 0.797. The smallest absolute Gasteiger partial charge is 0.381 e. The lowest BCUT2D eigenvalue weighted by Crippen LogP contribution is -2.46. The zero-order valence-electron chi connectivity index (χ0n) is 11.9. The Morgan fingerprint density at radius 2 is 1.56 bits per heavy atom. The second-order valence-corrected chi connectivity index (χ2v) is 6.42. The van der Waals surface area contributed by atoms with Gasteiger partial charge in [-0.25, -0.2) is 0 Å². The molecule has 0 unspecified atom stereocenters. The predicted octanol–water partition coefficient (Wildman–Crippen LogP) is 1.60. The first-order chi connectivity index (χ1) is 8.74. The molecule has 0 aromatic carbocycles. The number of ether oxygens (including phenoxy) is 1. The lowest BCUT2D eigenvalue weighted by atomic mass is 10.4. The van der Waals surface area contributed by atoms with Crippen LogP contribution in [-0.4, -0.2) is 48.4 Å². The summed E-state index contributed by atoms with van der Waals surface area (Å²) in [4.78, 5) is 0. The first kappa shape index (κ1) is 18.0. The van der Waals surface area contributed by atoms with Crippen LogP contribution in [0.15, 0.2) is 0 Å². The average Bonchev–Trinajstić information content (AvgIpc) is 2.35. The van der Waals surface area contributed by atoms with Crippen molar-refractivity contribution in [3.63, 3.8) is 0 Å². The van der Waals surface area contributed by atoms with E-state index in [2.05, 4.69) is 0 Å². The zero-order valence-corrected chi connectivity index (χ0v) is 12.9. The Morgan fingerprint density at radius 3 is 2.00 bits per heavy atom. The van der Waals surface area contributed by atoms with E-state index in [1.165, 1.54) is 0 Å². The van der Waals surface area contributed by atoms with E-state index < -0.39 is 8.80 Å². The Morgan fingerprint density at radius 1 is 1.00 bits per heavy atom. The summed E-state index contributed by atoms with van der Waals surface area (Å²) in [5.41, 5.74) is 5.34. The van der Waals surface area contributed by atoms with E-state index in [1.54, 1.807) is 0 Å². The maximum absolute atomic E-state index is 5.75. The van der Waals surface area contributed by atoms with Crippen molar-refractivity contribution in [3.8, 4) is 0 Å². The molecule has 2 N–H and O–H groups in total. The molecule has 18 heavy (non-hydrogen) atoms. The molecule has 0 fully saturated rings. The van der Waals surface area contributed by atoms with Gasteiger partial charge in [0.05, 0.1) is 6.61 Å². The molecule has 0 aliphatic rings. The quantitative estimate of drug-likeness (QED) is 0.409. The molecule has 0 saturated carbocycles. The fraction of sp³-hybridized carbons (Fsp3) is 0.917. The van der Waals surface area contributed by atoms with Crippen LogP contribution < -0.4 is 5.73 Å². The fourth-order valence-corrected chi connectivity index (χ4v) is 4.21. The van der Waals surface area contributed by atoms with Gasteiger partial charge in [-0.1, -0.05) is 0 Å². The van der Waals surface area contributed by atoms with Crippen LogP contribution >= 0.6 is 0 Å². The van der Waals surface area contributed by atoms with Gasteiger partial charge in [-0.2, -0.15) is 0 Å². The molecule has 0 heterocycles. The first-order valence-corrected chi connectivity index (χ1v) is 8.69. The van der Waals surface area contributed by atoms with Crippen LogP contribution in [0.3, 0.4) is 0 Å². The van der Waals surface area contributed by atoms with Gasteiger partial charge < -0.3 is 23.7 Å². The lowest BCUT2D eigenvalue weighted by Gasteiger charge is -2.28. The highest BCUT2D eigenvalue weighted by atomic mass is 28.4. The minimum atomic E-state index is -2.48. The van der Waals surface area contributed by atoms with Crippen LogP contribution in [0.5, 0.6) is 0 Å². The summed E-state index contributed by atoms with van der Waals surface area (Å²) >= 11 is 0. The maximum atomic E-state index is 5.75. The van der Waals surface area contributed by atoms with Crippen molar-refractivity contribution < 1.29 is 18.0 Å². The molecule has 0 aliphatic heterocycles. The van der Waals surface area contributed by atoms with Crippen molar-refractivity contribution in [1.29, 1.82) is 0 Å². The third-order valence-electron chi connectivity index (χ3n) is 2.27. The molecule has 0 atom stereocenters. The molecule has 0 amide bonds. The second kappa shape index (κ2) is 12.1. The van der Waals surface area contributed by atoms with Crippen molar-refractivity contribution >= 4 is 8.80 Å². The predicted molar refractivity (Wildman–Crippen MR) is 74.2 cm³/mol. The Bertz CT molecular complexity index is 166. The monoisotopic (exact) mass is 278 g/mol. The SMILES string of the molecule is CCO[Si](CCCOC[CH]CN)(OCC)OCC. The number of hydrogen-bond donors (Lipinski definition) is 1. The highest BCUT2D eigenvalue weighted by Gasteiger charge is 2.39. The third-order valence-corrected chi connectivity index (χ3v) is 5.42. The van der Waals surface area contributed by atoms with Crippen LogP contribution in [-0.2, 0) is 18.0 Å². The minimum Gasteiger partial charge on any atom is -0.381 e. The van der Waals surface area contributed by atoms with Crippen molar-refractivity contribution in [2.75, 3.05) is 39.6 Å². The lowest BCUT2D eigenvalue weighted by molar-refractivity contribution is 0.0669. The molecule has 1 radical (unpaired) electrons. The summed E-state index contributed by atoms with van der Waals surface area (Å²) in [5, 5.41) is 0. The standard InChI is InChI=1S/C12H28NO4Si/c1-4-15-18(16-5-2,17-6-3)12-8-11-14-10-7-9-13/h7H,4-6,8-13H2,1-3H3. The largest absolute Gasteiger partial charge is 0.501 e. The minimum absolute atomic E-state index is 0.551. The van der Waals surface area contributed by atoms with Crippen LogP contribution in [0.1, 0.15) is 27.2 Å². The molecule has 0 bridgehead atoms. The third kappa shape index (κ3) is 8.18. The van der Waals surface area contributed by atoms with E-state index >= 15 is 0 Å². The van der Waals surface area contributed by atoms with E-state index in [9.17, 15) is 0 Å². The van der Waals surface area contributed by atoms with Crippen LogP contribution in [0.2, 0.25) is 6.04 Å². The molecule has 5 nitrogen and oxygen atoms in total. The fourth-order valence-electron chi connectivity index (χ4n) is 1.63.